The van der Waals surface area contributed by atoms with Gasteiger partial charge in [-0.15, -0.1) is 0 Å². The molecule has 2 aromatic carbocycles. The Labute approximate surface area is 164 Å². The number of rotatable bonds is 5. The Bertz CT molecular complexity index is 941. The predicted molar refractivity (Wildman–Crippen MR) is 111 cm³/mol. The van der Waals surface area contributed by atoms with Crippen LogP contribution in [0, 0.1) is 0 Å². The van der Waals surface area contributed by atoms with Crippen LogP contribution in [0.3, 0.4) is 0 Å². The molecular formula is C21H23ClN4O. The quantitative estimate of drug-likeness (QED) is 0.585. The van der Waals surface area contributed by atoms with E-state index in [4.69, 9.17) is 21.3 Å². The van der Waals surface area contributed by atoms with Crippen molar-refractivity contribution in [3.63, 3.8) is 0 Å². The molecule has 27 heavy (non-hydrogen) atoms. The Morgan fingerprint density at radius 1 is 1.04 bits per heavy atom. The van der Waals surface area contributed by atoms with Crippen LogP contribution in [0.1, 0.15) is 32.1 Å². The van der Waals surface area contributed by atoms with Gasteiger partial charge in [0.25, 0.3) is 0 Å². The van der Waals surface area contributed by atoms with Crippen molar-refractivity contribution in [1.29, 1.82) is 0 Å². The molecule has 0 saturated heterocycles. The Kier molecular flexibility index (Phi) is 5.30. The van der Waals surface area contributed by atoms with Crippen LogP contribution < -0.4 is 15.4 Å². The van der Waals surface area contributed by atoms with E-state index in [2.05, 4.69) is 21.7 Å². The molecule has 0 amide bonds. The van der Waals surface area contributed by atoms with E-state index in [-0.39, 0.29) is 0 Å². The highest BCUT2D eigenvalue weighted by Gasteiger charge is 2.16. The van der Waals surface area contributed by atoms with Gasteiger partial charge in [0.05, 0.1) is 18.3 Å². The van der Waals surface area contributed by atoms with E-state index in [1.54, 1.807) is 13.2 Å². The minimum atomic E-state index is 0.464. The molecule has 0 unspecified atom stereocenters. The summed E-state index contributed by atoms with van der Waals surface area (Å²) in [6.45, 7) is 0. The molecule has 5 nitrogen and oxygen atoms in total. The molecular weight excluding hydrogens is 360 g/mol. The fraction of sp³-hybridized carbons (Fsp3) is 0.333. The lowest BCUT2D eigenvalue weighted by Crippen LogP contribution is -2.23. The number of para-hydroxylation sites is 1. The fourth-order valence-corrected chi connectivity index (χ4v) is 3.75. The van der Waals surface area contributed by atoms with Gasteiger partial charge in [0.15, 0.2) is 0 Å². The lowest BCUT2D eigenvalue weighted by Gasteiger charge is -2.24. The second-order valence-electron chi connectivity index (χ2n) is 6.86. The Balaban J connectivity index is 1.70. The third-order valence-corrected chi connectivity index (χ3v) is 5.19. The average Bonchev–Trinajstić information content (AvgIpc) is 2.69. The number of fused-ring (bicyclic) bond motifs is 1. The molecule has 6 heteroatoms. The maximum atomic E-state index is 6.15. The van der Waals surface area contributed by atoms with Gasteiger partial charge < -0.3 is 15.4 Å². The first-order chi connectivity index (χ1) is 13.2. The van der Waals surface area contributed by atoms with Crippen molar-refractivity contribution in [2.45, 2.75) is 38.1 Å². The third kappa shape index (κ3) is 4.08. The van der Waals surface area contributed by atoms with Gasteiger partial charge in [-0.05, 0) is 43.2 Å². The van der Waals surface area contributed by atoms with Gasteiger partial charge in [-0.25, -0.2) is 4.98 Å². The molecule has 3 aromatic rings. The molecule has 0 spiro atoms. The van der Waals surface area contributed by atoms with E-state index >= 15 is 0 Å². The minimum absolute atomic E-state index is 0.464. The first kappa shape index (κ1) is 17.9. The largest absolute Gasteiger partial charge is 0.495 e. The zero-order valence-corrected chi connectivity index (χ0v) is 16.1. The Hall–Kier alpha value is -2.53. The number of nitrogens with zero attached hydrogens (tertiary/aromatic N) is 2. The monoisotopic (exact) mass is 382 g/mol. The van der Waals surface area contributed by atoms with E-state index in [9.17, 15) is 0 Å². The maximum Gasteiger partial charge on any atom is 0.229 e. The summed E-state index contributed by atoms with van der Waals surface area (Å²) in [5.74, 6) is 2.08. The summed E-state index contributed by atoms with van der Waals surface area (Å²) in [5, 5.41) is 8.56. The van der Waals surface area contributed by atoms with E-state index < -0.39 is 0 Å². The Morgan fingerprint density at radius 3 is 2.67 bits per heavy atom. The van der Waals surface area contributed by atoms with Gasteiger partial charge >= 0.3 is 0 Å². The van der Waals surface area contributed by atoms with Crippen molar-refractivity contribution < 1.29 is 4.74 Å². The van der Waals surface area contributed by atoms with Crippen LogP contribution in [0.2, 0.25) is 5.02 Å². The average molecular weight is 383 g/mol. The molecule has 0 atom stereocenters. The zero-order chi connectivity index (χ0) is 18.6. The number of benzene rings is 2. The molecule has 140 valence electrons. The molecule has 0 radical (unpaired) electrons. The number of ether oxygens (including phenoxy) is 1. The molecule has 2 N–H and O–H groups in total. The summed E-state index contributed by atoms with van der Waals surface area (Å²) >= 11 is 6.15. The van der Waals surface area contributed by atoms with Crippen LogP contribution in [0.25, 0.3) is 10.9 Å². The number of anilines is 3. The van der Waals surface area contributed by atoms with Crippen molar-refractivity contribution in [3.8, 4) is 5.75 Å². The summed E-state index contributed by atoms with van der Waals surface area (Å²) in [5.41, 5.74) is 1.64. The summed E-state index contributed by atoms with van der Waals surface area (Å²) in [7, 11) is 1.63. The van der Waals surface area contributed by atoms with Gasteiger partial charge in [-0.2, -0.15) is 4.98 Å². The minimum Gasteiger partial charge on any atom is -0.495 e. The molecule has 1 aliphatic rings. The van der Waals surface area contributed by atoms with Crippen molar-refractivity contribution >= 4 is 40.0 Å². The molecule has 1 heterocycles. The normalized spacial score (nSPS) is 14.9. The fourth-order valence-electron chi connectivity index (χ4n) is 3.58. The highest BCUT2D eigenvalue weighted by molar-refractivity contribution is 6.31. The van der Waals surface area contributed by atoms with E-state index in [1.807, 2.05) is 30.3 Å². The standard InChI is InChI=1S/C21H23ClN4O/c1-27-19-12-11-14(22)13-18(19)25-21-24-17-10-6-5-9-16(17)20(26-21)23-15-7-3-2-4-8-15/h5-6,9-13,15H,2-4,7-8H2,1H3,(H2,23,24,25,26). The lowest BCUT2D eigenvalue weighted by molar-refractivity contribution is 0.417. The number of aromatic nitrogens is 2. The summed E-state index contributed by atoms with van der Waals surface area (Å²) in [6, 6.07) is 14.0. The number of halogens is 1. The van der Waals surface area contributed by atoms with Crippen LogP contribution in [-0.4, -0.2) is 23.1 Å². The van der Waals surface area contributed by atoms with Crippen molar-refractivity contribution in [3.05, 3.63) is 47.5 Å². The topological polar surface area (TPSA) is 59.1 Å². The number of methoxy groups -OCH3 is 1. The molecule has 1 aromatic heterocycles. The van der Waals surface area contributed by atoms with Crippen molar-refractivity contribution in [2.75, 3.05) is 17.7 Å². The highest BCUT2D eigenvalue weighted by atomic mass is 35.5. The molecule has 0 bridgehead atoms. The smallest absolute Gasteiger partial charge is 0.229 e. The predicted octanol–water partition coefficient (Wildman–Crippen LogP) is 5.78. The van der Waals surface area contributed by atoms with Crippen LogP contribution in [0.15, 0.2) is 42.5 Å². The van der Waals surface area contributed by atoms with Gasteiger partial charge in [0.1, 0.15) is 11.6 Å². The first-order valence-electron chi connectivity index (χ1n) is 9.37. The van der Waals surface area contributed by atoms with Crippen LogP contribution in [0.5, 0.6) is 5.75 Å². The summed E-state index contributed by atoms with van der Waals surface area (Å²) in [4.78, 5) is 9.43. The van der Waals surface area contributed by atoms with Crippen molar-refractivity contribution in [1.82, 2.24) is 9.97 Å². The summed E-state index contributed by atoms with van der Waals surface area (Å²) in [6.07, 6.45) is 6.23. The second-order valence-corrected chi connectivity index (χ2v) is 7.30. The van der Waals surface area contributed by atoms with Gasteiger partial charge in [-0.3, -0.25) is 0 Å². The molecule has 1 saturated carbocycles. The summed E-state index contributed by atoms with van der Waals surface area (Å²) < 4.78 is 5.42. The third-order valence-electron chi connectivity index (χ3n) is 4.96. The van der Waals surface area contributed by atoms with Gasteiger partial charge in [0, 0.05) is 16.5 Å². The SMILES string of the molecule is COc1ccc(Cl)cc1Nc1nc(NC2CCCCC2)c2ccccc2n1. The molecule has 4 rings (SSSR count). The van der Waals surface area contributed by atoms with Crippen LogP contribution >= 0.6 is 11.6 Å². The number of hydrogen-bond acceptors (Lipinski definition) is 5. The Morgan fingerprint density at radius 2 is 1.85 bits per heavy atom. The van der Waals surface area contributed by atoms with Crippen LogP contribution in [-0.2, 0) is 0 Å². The number of hydrogen-bond donors (Lipinski definition) is 2. The molecule has 1 aliphatic carbocycles. The zero-order valence-electron chi connectivity index (χ0n) is 15.3. The first-order valence-corrected chi connectivity index (χ1v) is 9.74. The molecule has 1 fully saturated rings. The van der Waals surface area contributed by atoms with Crippen LogP contribution in [0.4, 0.5) is 17.5 Å². The van der Waals surface area contributed by atoms with E-state index in [0.717, 1.165) is 22.4 Å². The van der Waals surface area contributed by atoms with E-state index in [1.165, 1.54) is 32.1 Å². The lowest BCUT2D eigenvalue weighted by atomic mass is 9.95. The van der Waals surface area contributed by atoms with E-state index in [0.29, 0.717) is 22.8 Å². The second kappa shape index (κ2) is 8.01. The maximum absolute atomic E-state index is 6.15. The van der Waals surface area contributed by atoms with Gasteiger partial charge in [-0.1, -0.05) is 43.0 Å². The highest BCUT2D eigenvalue weighted by Crippen LogP contribution is 2.31. The molecule has 0 aliphatic heterocycles. The van der Waals surface area contributed by atoms with Crippen molar-refractivity contribution in [2.24, 2.45) is 0 Å². The number of nitrogens with one attached hydrogen (secondary N) is 2. The van der Waals surface area contributed by atoms with Gasteiger partial charge in [0.2, 0.25) is 5.95 Å².